The van der Waals surface area contributed by atoms with Crippen molar-refractivity contribution in [3.8, 4) is 22.5 Å². The lowest BCUT2D eigenvalue weighted by Gasteiger charge is -2.44. The number of piperidine rings is 4. The van der Waals surface area contributed by atoms with Crippen molar-refractivity contribution in [2.75, 3.05) is 75.2 Å². The van der Waals surface area contributed by atoms with Gasteiger partial charge in [-0.3, -0.25) is 24.0 Å². The molecule has 4 saturated heterocycles. The molecule has 0 bridgehead atoms. The Hall–Kier alpha value is -9.03. The van der Waals surface area contributed by atoms with Crippen molar-refractivity contribution in [1.29, 1.82) is 0 Å². The lowest BCUT2D eigenvalue weighted by Crippen LogP contribution is -2.51. The highest BCUT2D eigenvalue weighted by Crippen LogP contribution is 2.36. The van der Waals surface area contributed by atoms with Crippen molar-refractivity contribution < 1.29 is 43.7 Å². The van der Waals surface area contributed by atoms with Gasteiger partial charge in [-0.1, -0.05) is 60.7 Å². The molecule has 5 N–H and O–H groups in total. The molecular formula is C76H98N14O9. The van der Waals surface area contributed by atoms with Crippen molar-refractivity contribution in [3.05, 3.63) is 146 Å². The van der Waals surface area contributed by atoms with Crippen LogP contribution in [-0.2, 0) is 36.9 Å². The topological polar surface area (TPSA) is 277 Å². The summed E-state index contributed by atoms with van der Waals surface area (Å²) in [4.78, 5) is 96.4. The quantitative estimate of drug-likeness (QED) is 0.0330. The van der Waals surface area contributed by atoms with Gasteiger partial charge < -0.3 is 59.5 Å². The number of fused-ring (bicyclic) bond motifs is 2. The Morgan fingerprint density at radius 1 is 0.556 bits per heavy atom. The molecule has 23 nitrogen and oxygen atoms in total. The van der Waals surface area contributed by atoms with Crippen LogP contribution in [-0.4, -0.2) is 178 Å². The number of rotatable bonds is 21. The molecule has 4 aromatic carbocycles. The molecule has 4 fully saturated rings. The van der Waals surface area contributed by atoms with Gasteiger partial charge in [-0.15, -0.1) is 0 Å². The standard InChI is InChI=1S/C38H49N7O4.C26H26N6O2.C12H23NO3/c1-37(2,3)49-33(46)12-15-38(48)16-23-44(24-17-38)30-13-21-45(22-14-30)35-34(28-8-5-4-6-9-28)41-32-26-29(10-11-31(32)42-35)36(47)40-18-7-20-43-25-19-39-27-43;33-21-9-14-32(15-10-21)25-24(19-5-2-1-3-6-19)29-23-17-20(7-8-22(23)30-25)26(34)28-11-4-13-31-16-12-27-18-31;1-11(2,3)16-10(14)4-5-12(15)6-8-13-9-7-12/h4-6,8-11,19,25-27,30,48H,7,12-18,20-24H2,1-3H3,(H,40,47);1-3,5-8,12,16-18H,4,9-11,13-15H2,(H,28,34);13,15H,4-9H2,1-3H3. The summed E-state index contributed by atoms with van der Waals surface area (Å²) < 4.78 is 14.6. The van der Waals surface area contributed by atoms with E-state index in [1.165, 1.54) is 0 Å². The number of ketones is 1. The molecule has 8 heterocycles. The van der Waals surface area contributed by atoms with Crippen LogP contribution in [0.3, 0.4) is 0 Å². The van der Waals surface area contributed by atoms with E-state index in [2.05, 4.69) is 52.8 Å². The van der Waals surface area contributed by atoms with Crippen molar-refractivity contribution in [3.63, 3.8) is 0 Å². The molecule has 526 valence electrons. The molecule has 0 atom stereocenters. The number of aromatic nitrogens is 8. The van der Waals surface area contributed by atoms with Gasteiger partial charge in [0.1, 0.15) is 28.4 Å². The van der Waals surface area contributed by atoms with Crippen molar-refractivity contribution in [2.45, 2.75) is 173 Å². The SMILES string of the molecule is CC(C)(C)OC(=O)CCC1(O)CCN(C2CCN(c3nc4ccc(C(=O)NCCCn5ccnc5)cc4nc3-c3ccccc3)CC2)CC1.CC(C)(C)OC(=O)CCC1(O)CCNCC1.O=C1CCN(c2nc3ccc(C(=O)NCCCn4ccnc4)cc3nc2-c2ccccc2)CC1. The number of likely N-dealkylation sites (tertiary alicyclic amines) is 1. The number of amides is 2. The smallest absolute Gasteiger partial charge is 0.306 e. The maximum atomic E-state index is 13.0. The normalized spacial score (nSPS) is 16.6. The summed E-state index contributed by atoms with van der Waals surface area (Å²) in [6.07, 6.45) is 19.8. The fourth-order valence-electron chi connectivity index (χ4n) is 12.9. The van der Waals surface area contributed by atoms with Crippen LogP contribution in [0.4, 0.5) is 11.6 Å². The van der Waals surface area contributed by atoms with E-state index in [4.69, 9.17) is 29.4 Å². The number of ether oxygens (including phenoxy) is 2. The van der Waals surface area contributed by atoms with E-state index < -0.39 is 22.4 Å². The molecule has 4 aliphatic rings. The van der Waals surface area contributed by atoms with Crippen LogP contribution >= 0.6 is 0 Å². The Morgan fingerprint density at radius 3 is 1.41 bits per heavy atom. The molecule has 8 aromatic rings. The summed E-state index contributed by atoms with van der Waals surface area (Å²) in [6.45, 7) is 20.1. The lowest BCUT2D eigenvalue weighted by atomic mass is 9.85. The number of aliphatic hydroxyl groups is 2. The van der Waals surface area contributed by atoms with E-state index in [0.29, 0.717) is 99.3 Å². The number of nitrogens with one attached hydrogen (secondary N) is 3. The van der Waals surface area contributed by atoms with Gasteiger partial charge in [0.2, 0.25) is 0 Å². The molecule has 23 heteroatoms. The monoisotopic (exact) mass is 1350 g/mol. The molecule has 12 rings (SSSR count). The van der Waals surface area contributed by atoms with Gasteiger partial charge >= 0.3 is 11.9 Å². The zero-order valence-electron chi connectivity index (χ0n) is 58.3. The fraction of sp³-hybridized carbons (Fsp3) is 0.487. The van der Waals surface area contributed by atoms with E-state index in [1.54, 1.807) is 37.2 Å². The Kier molecular flexibility index (Phi) is 24.7. The molecule has 99 heavy (non-hydrogen) atoms. The second-order valence-corrected chi connectivity index (χ2v) is 28.4. The van der Waals surface area contributed by atoms with Gasteiger partial charge in [-0.25, -0.2) is 29.9 Å². The first-order valence-corrected chi connectivity index (χ1v) is 35.1. The highest BCUT2D eigenvalue weighted by Gasteiger charge is 2.37. The second-order valence-electron chi connectivity index (χ2n) is 28.4. The zero-order valence-corrected chi connectivity index (χ0v) is 58.3. The third-order valence-electron chi connectivity index (χ3n) is 18.4. The summed E-state index contributed by atoms with van der Waals surface area (Å²) >= 11 is 0. The summed E-state index contributed by atoms with van der Waals surface area (Å²) in [5, 5.41) is 30.6. The molecule has 2 amide bonds. The first-order valence-electron chi connectivity index (χ1n) is 35.1. The number of aryl methyl sites for hydroxylation is 2. The van der Waals surface area contributed by atoms with Crippen LogP contribution in [0.1, 0.15) is 152 Å². The molecule has 0 saturated carbocycles. The van der Waals surface area contributed by atoms with Gasteiger partial charge in [0.25, 0.3) is 11.8 Å². The predicted molar refractivity (Wildman–Crippen MR) is 383 cm³/mol. The number of Topliss-reactive ketones (excluding diaryl/α,β-unsaturated/α-hetero) is 1. The highest BCUT2D eigenvalue weighted by molar-refractivity contribution is 5.99. The zero-order chi connectivity index (χ0) is 70.0. The predicted octanol–water partition coefficient (Wildman–Crippen LogP) is 9.94. The van der Waals surface area contributed by atoms with Crippen LogP contribution in [0.5, 0.6) is 0 Å². The Labute approximate surface area is 580 Å². The molecule has 0 radical (unpaired) electrons. The minimum absolute atomic E-state index is 0.124. The lowest BCUT2D eigenvalue weighted by molar-refractivity contribution is -0.157. The van der Waals surface area contributed by atoms with Gasteiger partial charge in [-0.2, -0.15) is 0 Å². The van der Waals surface area contributed by atoms with E-state index in [9.17, 15) is 34.2 Å². The Bertz CT molecular complexity index is 3940. The van der Waals surface area contributed by atoms with Crippen LogP contribution in [0.15, 0.2) is 135 Å². The number of esters is 2. The minimum atomic E-state index is -0.819. The maximum absolute atomic E-state index is 13.0. The summed E-state index contributed by atoms with van der Waals surface area (Å²) in [5.41, 5.74) is 5.05. The van der Waals surface area contributed by atoms with E-state index >= 15 is 0 Å². The first-order chi connectivity index (χ1) is 47.5. The highest BCUT2D eigenvalue weighted by atomic mass is 16.6. The minimum Gasteiger partial charge on any atom is -0.460 e. The van der Waals surface area contributed by atoms with Crippen LogP contribution in [0.25, 0.3) is 44.6 Å². The molecule has 0 unspecified atom stereocenters. The second kappa shape index (κ2) is 33.7. The molecule has 4 aromatic heterocycles. The van der Waals surface area contributed by atoms with E-state index in [1.807, 2.05) is 136 Å². The average Bonchev–Trinajstić information content (AvgIpc) is 1.55. The van der Waals surface area contributed by atoms with Crippen molar-refractivity contribution in [2.24, 2.45) is 0 Å². The fourth-order valence-corrected chi connectivity index (χ4v) is 12.9. The van der Waals surface area contributed by atoms with Gasteiger partial charge in [0, 0.05) is 144 Å². The number of carbonyl (C=O) groups is 5. The largest absolute Gasteiger partial charge is 0.460 e. The van der Waals surface area contributed by atoms with Gasteiger partial charge in [-0.05, 0) is 155 Å². The third kappa shape index (κ3) is 21.5. The average molecular weight is 1350 g/mol. The first kappa shape index (κ1) is 72.7. The number of imidazole rings is 2. The van der Waals surface area contributed by atoms with E-state index in [-0.39, 0.29) is 36.0 Å². The summed E-state index contributed by atoms with van der Waals surface area (Å²) in [6, 6.07) is 31.5. The number of anilines is 2. The third-order valence-corrected chi connectivity index (χ3v) is 18.4. The number of hydrogen-bond acceptors (Lipinski definition) is 19. The Balaban J connectivity index is 0.000000182. The summed E-state index contributed by atoms with van der Waals surface area (Å²) in [5.74, 6) is 1.20. The van der Waals surface area contributed by atoms with E-state index in [0.717, 1.165) is 136 Å². The Morgan fingerprint density at radius 2 is 0.990 bits per heavy atom. The number of nitrogens with zero attached hydrogens (tertiary/aromatic N) is 11. The molecule has 0 aliphatic carbocycles. The number of benzene rings is 4. The van der Waals surface area contributed by atoms with Gasteiger partial charge in [0.15, 0.2) is 11.6 Å². The maximum Gasteiger partial charge on any atom is 0.306 e. The number of carbonyl (C=O) groups excluding carboxylic acids is 5. The van der Waals surface area contributed by atoms with Gasteiger partial charge in [0.05, 0.1) is 45.9 Å². The molecule has 4 aliphatic heterocycles. The van der Waals surface area contributed by atoms with Crippen LogP contribution < -0.4 is 25.8 Å². The molecule has 0 spiro atoms. The summed E-state index contributed by atoms with van der Waals surface area (Å²) in [7, 11) is 0. The van der Waals surface area contributed by atoms with Crippen LogP contribution in [0, 0.1) is 0 Å². The van der Waals surface area contributed by atoms with Crippen molar-refractivity contribution >= 4 is 63.2 Å². The van der Waals surface area contributed by atoms with Crippen molar-refractivity contribution in [1.82, 2.24) is 59.9 Å². The number of hydrogen-bond donors (Lipinski definition) is 5. The van der Waals surface area contributed by atoms with Crippen LogP contribution in [0.2, 0.25) is 0 Å². The molecular weight excluding hydrogens is 1250 g/mol.